The molecule has 0 saturated carbocycles. The number of urea groups is 1. The highest BCUT2D eigenvalue weighted by Crippen LogP contribution is 2.29. The lowest BCUT2D eigenvalue weighted by atomic mass is 9.96. The van der Waals surface area contributed by atoms with Gasteiger partial charge in [-0.05, 0) is 75.1 Å². The minimum atomic E-state index is -1.60. The van der Waals surface area contributed by atoms with Gasteiger partial charge in [0.1, 0.15) is 5.75 Å². The molecule has 5 rings (SSSR count). The largest absolute Gasteiger partial charge is 0.497 e. The maximum Gasteiger partial charge on any atom is 0.323 e. The summed E-state index contributed by atoms with van der Waals surface area (Å²) in [6, 6.07) is 12.3. The van der Waals surface area contributed by atoms with Crippen molar-refractivity contribution in [1.29, 1.82) is 0 Å². The van der Waals surface area contributed by atoms with Crippen molar-refractivity contribution in [2.75, 3.05) is 13.7 Å². The van der Waals surface area contributed by atoms with Gasteiger partial charge in [0.15, 0.2) is 5.84 Å². The Hall–Kier alpha value is -4.52. The highest BCUT2D eigenvalue weighted by molar-refractivity contribution is 6.10. The van der Waals surface area contributed by atoms with Gasteiger partial charge in [0.25, 0.3) is 11.8 Å². The van der Waals surface area contributed by atoms with Crippen LogP contribution in [0.5, 0.6) is 5.75 Å². The Bertz CT molecular complexity index is 1400. The maximum atomic E-state index is 13.1. The molecule has 2 saturated heterocycles. The molecule has 3 atom stereocenters. The molecule has 4 amide bonds. The third-order valence-corrected chi connectivity index (χ3v) is 7.66. The van der Waals surface area contributed by atoms with Crippen molar-refractivity contribution >= 4 is 23.7 Å². The molecular formula is C29H31N5O5. The van der Waals surface area contributed by atoms with Crippen LogP contribution in [0.4, 0.5) is 4.79 Å². The molecule has 2 fully saturated rings. The quantitative estimate of drug-likeness (QED) is 0.140. The second kappa shape index (κ2) is 10.3. The highest BCUT2D eigenvalue weighted by atomic mass is 16.5. The normalized spacial score (nSPS) is 24.6. The molecule has 10 heteroatoms. The SMILES string of the molecule is COc1ccc2c(c1)C(=O)N(C[C@@]1(C#Cc3ccc(C(=NO)N4[C@H](C)CCC[C@@H]4C)cc3)NC(=O)NC1=O)C2. The molecule has 0 unspecified atom stereocenters. The molecule has 2 aromatic carbocycles. The maximum absolute atomic E-state index is 13.1. The van der Waals surface area contributed by atoms with Crippen LogP contribution in [0, 0.1) is 11.8 Å². The van der Waals surface area contributed by atoms with Crippen molar-refractivity contribution in [3.63, 3.8) is 0 Å². The van der Waals surface area contributed by atoms with Crippen LogP contribution in [0.1, 0.15) is 60.2 Å². The Morgan fingerprint density at radius 2 is 1.85 bits per heavy atom. The number of likely N-dealkylation sites (tertiary alicyclic amines) is 1. The smallest absolute Gasteiger partial charge is 0.323 e. The summed E-state index contributed by atoms with van der Waals surface area (Å²) in [5.41, 5.74) is 1.05. The third-order valence-electron chi connectivity index (χ3n) is 7.66. The molecule has 0 spiro atoms. The number of fused-ring (bicyclic) bond motifs is 1. The number of amides is 4. The number of benzene rings is 2. The number of nitrogens with zero attached hydrogens (tertiary/aromatic N) is 3. The van der Waals surface area contributed by atoms with E-state index in [0.717, 1.165) is 30.4 Å². The predicted octanol–water partition coefficient (Wildman–Crippen LogP) is 2.68. The summed E-state index contributed by atoms with van der Waals surface area (Å²) < 4.78 is 5.23. The average molecular weight is 530 g/mol. The Labute approximate surface area is 227 Å². The van der Waals surface area contributed by atoms with Crippen LogP contribution in [-0.2, 0) is 11.3 Å². The fourth-order valence-electron chi connectivity index (χ4n) is 5.59. The van der Waals surface area contributed by atoms with Crippen molar-refractivity contribution in [3.05, 3.63) is 64.7 Å². The first kappa shape index (κ1) is 26.1. The van der Waals surface area contributed by atoms with E-state index in [1.165, 1.54) is 12.0 Å². The van der Waals surface area contributed by atoms with E-state index >= 15 is 0 Å². The van der Waals surface area contributed by atoms with Gasteiger partial charge in [0.2, 0.25) is 5.54 Å². The number of methoxy groups -OCH3 is 1. The molecule has 2 aromatic rings. The van der Waals surface area contributed by atoms with Crippen LogP contribution in [0.2, 0.25) is 0 Å². The van der Waals surface area contributed by atoms with Crippen LogP contribution in [-0.4, -0.2) is 70.0 Å². The fourth-order valence-corrected chi connectivity index (χ4v) is 5.59. The molecule has 3 heterocycles. The van der Waals surface area contributed by atoms with E-state index in [9.17, 15) is 19.6 Å². The van der Waals surface area contributed by atoms with Gasteiger partial charge in [0.05, 0.1) is 13.7 Å². The fraction of sp³-hybridized carbons (Fsp3) is 0.379. The number of carbonyl (C=O) groups is 3. The van der Waals surface area contributed by atoms with Crippen molar-refractivity contribution in [2.24, 2.45) is 5.16 Å². The molecule has 3 aliphatic heterocycles. The van der Waals surface area contributed by atoms with Crippen LogP contribution >= 0.6 is 0 Å². The summed E-state index contributed by atoms with van der Waals surface area (Å²) >= 11 is 0. The first-order valence-electron chi connectivity index (χ1n) is 13.0. The summed E-state index contributed by atoms with van der Waals surface area (Å²) in [5, 5.41) is 18.3. The van der Waals surface area contributed by atoms with E-state index in [-0.39, 0.29) is 31.1 Å². The number of hydrogen-bond donors (Lipinski definition) is 3. The van der Waals surface area contributed by atoms with E-state index in [2.05, 4.69) is 46.4 Å². The number of ether oxygens (including phenoxy) is 1. The number of imide groups is 1. The average Bonchev–Trinajstić information content (AvgIpc) is 3.39. The summed E-state index contributed by atoms with van der Waals surface area (Å²) in [6.07, 6.45) is 3.20. The molecule has 39 heavy (non-hydrogen) atoms. The number of oxime groups is 1. The summed E-state index contributed by atoms with van der Waals surface area (Å²) in [6.45, 7) is 4.43. The second-order valence-electron chi connectivity index (χ2n) is 10.3. The lowest BCUT2D eigenvalue weighted by Crippen LogP contribution is -2.54. The molecule has 0 aromatic heterocycles. The molecule has 3 N–H and O–H groups in total. The predicted molar refractivity (Wildman–Crippen MR) is 143 cm³/mol. The van der Waals surface area contributed by atoms with E-state index in [1.807, 2.05) is 18.2 Å². The lowest BCUT2D eigenvalue weighted by Gasteiger charge is -2.40. The first-order valence-corrected chi connectivity index (χ1v) is 13.0. The van der Waals surface area contributed by atoms with Gasteiger partial charge in [-0.1, -0.05) is 23.1 Å². The number of carbonyl (C=O) groups excluding carboxylic acids is 3. The summed E-state index contributed by atoms with van der Waals surface area (Å²) in [4.78, 5) is 41.8. The Kier molecular flexibility index (Phi) is 6.91. The van der Waals surface area contributed by atoms with Gasteiger partial charge >= 0.3 is 6.03 Å². The number of rotatable bonds is 4. The zero-order valence-corrected chi connectivity index (χ0v) is 22.2. The van der Waals surface area contributed by atoms with Crippen molar-refractivity contribution in [1.82, 2.24) is 20.4 Å². The molecule has 10 nitrogen and oxygen atoms in total. The van der Waals surface area contributed by atoms with Gasteiger partial charge in [-0.25, -0.2) is 4.79 Å². The van der Waals surface area contributed by atoms with Gasteiger partial charge in [-0.3, -0.25) is 14.9 Å². The van der Waals surface area contributed by atoms with Crippen molar-refractivity contribution in [2.45, 2.75) is 57.3 Å². The topological polar surface area (TPSA) is 124 Å². The van der Waals surface area contributed by atoms with Gasteiger partial charge in [-0.2, -0.15) is 0 Å². The molecule has 3 aliphatic rings. The monoisotopic (exact) mass is 529 g/mol. The van der Waals surface area contributed by atoms with Gasteiger partial charge in [-0.15, -0.1) is 0 Å². The number of piperidine rings is 1. The number of hydrogen-bond acceptors (Lipinski definition) is 6. The van der Waals surface area contributed by atoms with E-state index in [4.69, 9.17) is 4.74 Å². The van der Waals surface area contributed by atoms with Crippen LogP contribution < -0.4 is 15.4 Å². The summed E-state index contributed by atoms with van der Waals surface area (Å²) in [7, 11) is 1.53. The number of amidine groups is 1. The van der Waals surface area contributed by atoms with Gasteiger partial charge in [0, 0.05) is 35.3 Å². The van der Waals surface area contributed by atoms with Crippen LogP contribution in [0.3, 0.4) is 0 Å². The van der Waals surface area contributed by atoms with Crippen molar-refractivity contribution < 1.29 is 24.3 Å². The van der Waals surface area contributed by atoms with Crippen LogP contribution in [0.15, 0.2) is 47.6 Å². The minimum absolute atomic E-state index is 0.114. The molecule has 0 bridgehead atoms. The Balaban J connectivity index is 1.38. The van der Waals surface area contributed by atoms with Gasteiger partial charge < -0.3 is 25.1 Å². The van der Waals surface area contributed by atoms with Crippen LogP contribution in [0.25, 0.3) is 0 Å². The highest BCUT2D eigenvalue weighted by Gasteiger charge is 2.48. The standard InChI is InChI=1S/C29H31N5O5/c1-18-5-4-6-19(2)34(18)25(32-38)21-9-7-20(8-10-21)13-14-29(27(36)30-28(37)31-29)17-33-16-22-11-12-23(39-3)15-24(22)26(33)35/h7-12,15,18-19,38H,4-6,16-17H2,1-3H3,(H2,30,31,36,37)/t18-,19+,29-/m1/s1. The first-order chi connectivity index (χ1) is 18.7. The Morgan fingerprint density at radius 3 is 2.46 bits per heavy atom. The molecule has 0 radical (unpaired) electrons. The van der Waals surface area contributed by atoms with Crippen molar-refractivity contribution in [3.8, 4) is 17.6 Å². The molecule has 0 aliphatic carbocycles. The van der Waals surface area contributed by atoms with E-state index in [0.29, 0.717) is 22.7 Å². The second-order valence-corrected chi connectivity index (χ2v) is 10.3. The Morgan fingerprint density at radius 1 is 1.13 bits per heavy atom. The van der Waals surface area contributed by atoms with E-state index in [1.54, 1.807) is 24.3 Å². The number of nitrogens with one attached hydrogen (secondary N) is 2. The van der Waals surface area contributed by atoms with E-state index < -0.39 is 17.5 Å². The molecule has 202 valence electrons. The molecular weight excluding hydrogens is 498 g/mol. The summed E-state index contributed by atoms with van der Waals surface area (Å²) in [5.74, 6) is 6.11. The third kappa shape index (κ3) is 4.88. The zero-order chi connectivity index (χ0) is 27.7. The zero-order valence-electron chi connectivity index (χ0n) is 22.2. The lowest BCUT2D eigenvalue weighted by molar-refractivity contribution is -0.122. The minimum Gasteiger partial charge on any atom is -0.497 e.